The molecule has 0 atom stereocenters. The van der Waals surface area contributed by atoms with Gasteiger partial charge in [-0.25, -0.2) is 10.2 Å². The monoisotopic (exact) mass is 408 g/mol. The summed E-state index contributed by atoms with van der Waals surface area (Å²) in [5.41, 5.74) is 4.05. The molecule has 0 aliphatic heterocycles. The van der Waals surface area contributed by atoms with Crippen LogP contribution in [0.1, 0.15) is 26.3 Å². The number of hydrogen-bond donors (Lipinski definition) is 1. The Morgan fingerprint density at radius 2 is 1.45 bits per heavy atom. The summed E-state index contributed by atoms with van der Waals surface area (Å²) in [6.45, 7) is 0. The van der Waals surface area contributed by atoms with Crippen molar-refractivity contribution in [3.63, 3.8) is 0 Å². The maximum Gasteiger partial charge on any atom is 0.343 e. The summed E-state index contributed by atoms with van der Waals surface area (Å²) in [5.74, 6) is 0.249. The molecule has 0 heterocycles. The van der Waals surface area contributed by atoms with Gasteiger partial charge in [0, 0.05) is 10.6 Å². The SMILES string of the molecule is COc1ccc(C(=O)NN=Cc2ccc(OC(=O)c3ccc(Cl)cc3)cc2)cc1. The van der Waals surface area contributed by atoms with Crippen LogP contribution in [0.5, 0.6) is 11.5 Å². The van der Waals surface area contributed by atoms with Crippen molar-refractivity contribution in [3.8, 4) is 11.5 Å². The fourth-order valence-corrected chi connectivity index (χ4v) is 2.47. The van der Waals surface area contributed by atoms with Gasteiger partial charge in [0.1, 0.15) is 11.5 Å². The Labute approximate surface area is 172 Å². The highest BCUT2D eigenvalue weighted by Crippen LogP contribution is 2.15. The molecule has 7 heteroatoms. The van der Waals surface area contributed by atoms with Crippen LogP contribution in [-0.2, 0) is 0 Å². The molecule has 3 aromatic carbocycles. The molecule has 3 aromatic rings. The zero-order chi connectivity index (χ0) is 20.6. The minimum atomic E-state index is -0.477. The fraction of sp³-hybridized carbons (Fsp3) is 0.0455. The van der Waals surface area contributed by atoms with Gasteiger partial charge in [0.25, 0.3) is 5.91 Å². The van der Waals surface area contributed by atoms with Gasteiger partial charge in [-0.3, -0.25) is 4.79 Å². The summed E-state index contributed by atoms with van der Waals surface area (Å²) in [4.78, 5) is 24.1. The molecule has 0 aliphatic carbocycles. The van der Waals surface area contributed by atoms with Crippen LogP contribution in [0.4, 0.5) is 0 Å². The summed E-state index contributed by atoms with van der Waals surface area (Å²) in [6, 6.07) is 19.8. The molecule has 0 bridgehead atoms. The van der Waals surface area contributed by atoms with E-state index in [-0.39, 0.29) is 5.91 Å². The molecule has 0 unspecified atom stereocenters. The van der Waals surface area contributed by atoms with Gasteiger partial charge in [-0.2, -0.15) is 5.10 Å². The molecular formula is C22H17ClN2O4. The van der Waals surface area contributed by atoms with Crippen LogP contribution in [0, 0.1) is 0 Å². The number of rotatable bonds is 6. The van der Waals surface area contributed by atoms with Crippen molar-refractivity contribution in [2.45, 2.75) is 0 Å². The zero-order valence-electron chi connectivity index (χ0n) is 15.5. The number of methoxy groups -OCH3 is 1. The number of carbonyl (C=O) groups excluding carboxylic acids is 2. The maximum absolute atomic E-state index is 12.1. The van der Waals surface area contributed by atoms with Gasteiger partial charge in [-0.1, -0.05) is 11.6 Å². The van der Waals surface area contributed by atoms with E-state index in [0.717, 1.165) is 5.56 Å². The number of nitrogens with zero attached hydrogens (tertiary/aromatic N) is 1. The molecule has 0 saturated heterocycles. The van der Waals surface area contributed by atoms with Crippen LogP contribution in [-0.4, -0.2) is 25.2 Å². The van der Waals surface area contributed by atoms with Crippen LogP contribution in [0.2, 0.25) is 5.02 Å². The Hall–Kier alpha value is -3.64. The Balaban J connectivity index is 1.54. The molecule has 0 aliphatic rings. The largest absolute Gasteiger partial charge is 0.497 e. The van der Waals surface area contributed by atoms with Crippen LogP contribution in [0.25, 0.3) is 0 Å². The van der Waals surface area contributed by atoms with E-state index in [1.54, 1.807) is 79.9 Å². The summed E-state index contributed by atoms with van der Waals surface area (Å²) in [6.07, 6.45) is 1.49. The van der Waals surface area contributed by atoms with Crippen LogP contribution >= 0.6 is 11.6 Å². The molecule has 0 aromatic heterocycles. The van der Waals surface area contributed by atoms with E-state index in [1.165, 1.54) is 6.21 Å². The number of ether oxygens (including phenoxy) is 2. The number of halogens is 1. The molecule has 0 radical (unpaired) electrons. The average Bonchev–Trinajstić information content (AvgIpc) is 2.75. The van der Waals surface area contributed by atoms with Crippen molar-refractivity contribution in [2.24, 2.45) is 5.10 Å². The lowest BCUT2D eigenvalue weighted by Gasteiger charge is -2.05. The predicted molar refractivity (Wildman–Crippen MR) is 111 cm³/mol. The van der Waals surface area contributed by atoms with Crippen molar-refractivity contribution >= 4 is 29.7 Å². The van der Waals surface area contributed by atoms with E-state index in [4.69, 9.17) is 21.1 Å². The highest BCUT2D eigenvalue weighted by Gasteiger charge is 2.08. The van der Waals surface area contributed by atoms with Gasteiger partial charge in [0.15, 0.2) is 0 Å². The third-order valence-corrected chi connectivity index (χ3v) is 4.15. The first-order valence-corrected chi connectivity index (χ1v) is 8.98. The second kappa shape index (κ2) is 9.52. The normalized spacial score (nSPS) is 10.6. The quantitative estimate of drug-likeness (QED) is 0.285. The Bertz CT molecular complexity index is 1010. The fourth-order valence-electron chi connectivity index (χ4n) is 2.35. The van der Waals surface area contributed by atoms with E-state index in [0.29, 0.717) is 27.6 Å². The van der Waals surface area contributed by atoms with Gasteiger partial charge in [-0.15, -0.1) is 0 Å². The summed E-state index contributed by atoms with van der Waals surface area (Å²) in [5, 5.41) is 4.48. The zero-order valence-corrected chi connectivity index (χ0v) is 16.2. The van der Waals surface area contributed by atoms with Crippen molar-refractivity contribution in [1.29, 1.82) is 0 Å². The number of hydrogen-bond acceptors (Lipinski definition) is 5. The van der Waals surface area contributed by atoms with Crippen LogP contribution in [0.3, 0.4) is 0 Å². The molecule has 29 heavy (non-hydrogen) atoms. The van der Waals surface area contributed by atoms with Gasteiger partial charge < -0.3 is 9.47 Å². The smallest absolute Gasteiger partial charge is 0.343 e. The number of carbonyl (C=O) groups is 2. The lowest BCUT2D eigenvalue weighted by atomic mass is 10.2. The molecule has 1 amide bonds. The van der Waals surface area contributed by atoms with Gasteiger partial charge in [0.05, 0.1) is 18.9 Å². The highest BCUT2D eigenvalue weighted by atomic mass is 35.5. The van der Waals surface area contributed by atoms with Crippen LogP contribution in [0.15, 0.2) is 77.9 Å². The van der Waals surface area contributed by atoms with Crippen molar-refractivity contribution < 1.29 is 19.1 Å². The minimum Gasteiger partial charge on any atom is -0.497 e. The Morgan fingerprint density at radius 3 is 2.07 bits per heavy atom. The topological polar surface area (TPSA) is 77.0 Å². The molecule has 0 fully saturated rings. The second-order valence-electron chi connectivity index (χ2n) is 5.89. The van der Waals surface area contributed by atoms with Crippen LogP contribution < -0.4 is 14.9 Å². The molecule has 6 nitrogen and oxygen atoms in total. The molecule has 0 saturated carbocycles. The number of nitrogens with one attached hydrogen (secondary N) is 1. The molecule has 3 rings (SSSR count). The van der Waals surface area contributed by atoms with Gasteiger partial charge >= 0.3 is 5.97 Å². The molecular weight excluding hydrogens is 392 g/mol. The summed E-state index contributed by atoms with van der Waals surface area (Å²) in [7, 11) is 1.56. The van der Waals surface area contributed by atoms with E-state index >= 15 is 0 Å². The first-order valence-electron chi connectivity index (χ1n) is 8.60. The van der Waals surface area contributed by atoms with Crippen molar-refractivity contribution in [1.82, 2.24) is 5.43 Å². The van der Waals surface area contributed by atoms with Gasteiger partial charge in [-0.05, 0) is 78.4 Å². The lowest BCUT2D eigenvalue weighted by molar-refractivity contribution is 0.0734. The number of esters is 1. The Kier molecular flexibility index (Phi) is 6.60. The highest BCUT2D eigenvalue weighted by molar-refractivity contribution is 6.30. The number of amides is 1. The van der Waals surface area contributed by atoms with Gasteiger partial charge in [0.2, 0.25) is 0 Å². The van der Waals surface area contributed by atoms with E-state index in [9.17, 15) is 9.59 Å². The number of benzene rings is 3. The molecule has 1 N–H and O–H groups in total. The minimum absolute atomic E-state index is 0.336. The van der Waals surface area contributed by atoms with Crippen molar-refractivity contribution in [2.75, 3.05) is 7.11 Å². The first-order chi connectivity index (χ1) is 14.0. The maximum atomic E-state index is 12.1. The lowest BCUT2D eigenvalue weighted by Crippen LogP contribution is -2.17. The third-order valence-electron chi connectivity index (χ3n) is 3.90. The molecule has 146 valence electrons. The second-order valence-corrected chi connectivity index (χ2v) is 6.33. The first kappa shape index (κ1) is 20.1. The molecule has 0 spiro atoms. The summed E-state index contributed by atoms with van der Waals surface area (Å²) >= 11 is 5.81. The number of hydrazone groups is 1. The third kappa shape index (κ3) is 5.67. The van der Waals surface area contributed by atoms with E-state index in [2.05, 4.69) is 10.5 Å². The van der Waals surface area contributed by atoms with E-state index in [1.807, 2.05) is 0 Å². The Morgan fingerprint density at radius 1 is 0.862 bits per heavy atom. The van der Waals surface area contributed by atoms with Crippen molar-refractivity contribution in [3.05, 3.63) is 94.5 Å². The summed E-state index contributed by atoms with van der Waals surface area (Å²) < 4.78 is 10.4. The predicted octanol–water partition coefficient (Wildman–Crippen LogP) is 4.33. The standard InChI is InChI=1S/C22H17ClN2O4/c1-28-19-12-6-16(7-13-19)21(26)25-24-14-15-2-10-20(11-3-15)29-22(27)17-4-8-18(23)9-5-17/h2-14H,1H3,(H,25,26). The average molecular weight is 409 g/mol. The van der Waals surface area contributed by atoms with E-state index < -0.39 is 5.97 Å².